The van der Waals surface area contributed by atoms with Gasteiger partial charge in [0.05, 0.1) is 5.57 Å². The van der Waals surface area contributed by atoms with E-state index in [4.69, 9.17) is 5.41 Å². The molecule has 0 saturated carbocycles. The van der Waals surface area contributed by atoms with Crippen molar-refractivity contribution in [1.29, 1.82) is 5.41 Å². The predicted octanol–water partition coefficient (Wildman–Crippen LogP) is 3.66. The minimum atomic E-state index is -0.409. The molecule has 1 N–H and O–H groups in total. The highest BCUT2D eigenvalue weighted by molar-refractivity contribution is 8.27. The van der Waals surface area contributed by atoms with Crippen LogP contribution in [0.3, 0.4) is 0 Å². The SMILES string of the molecule is Cc1cccc(C2=NN3C(=N)/C(=C/c4ccccc4)C(=O)N=C3S2)c1. The Kier molecular flexibility index (Phi) is 3.82. The molecular formula is C19H14N4OS. The lowest BCUT2D eigenvalue weighted by atomic mass is 10.1. The van der Waals surface area contributed by atoms with Gasteiger partial charge in [0.15, 0.2) is 5.84 Å². The molecule has 0 aliphatic carbocycles. The summed E-state index contributed by atoms with van der Waals surface area (Å²) in [6.45, 7) is 2.01. The molecule has 0 radical (unpaired) electrons. The number of hydrogen-bond acceptors (Lipinski definition) is 4. The molecule has 0 aromatic heterocycles. The second-order valence-corrected chi connectivity index (χ2v) is 6.66. The predicted molar refractivity (Wildman–Crippen MR) is 102 cm³/mol. The van der Waals surface area contributed by atoms with Crippen LogP contribution < -0.4 is 0 Å². The van der Waals surface area contributed by atoms with Gasteiger partial charge in [-0.05, 0) is 36.4 Å². The molecule has 2 aromatic carbocycles. The van der Waals surface area contributed by atoms with Crippen molar-refractivity contribution in [2.75, 3.05) is 0 Å². The summed E-state index contributed by atoms with van der Waals surface area (Å²) >= 11 is 1.31. The van der Waals surface area contributed by atoms with Gasteiger partial charge in [0.2, 0.25) is 5.17 Å². The van der Waals surface area contributed by atoms with Crippen molar-refractivity contribution in [2.45, 2.75) is 6.92 Å². The van der Waals surface area contributed by atoms with Crippen molar-refractivity contribution >= 4 is 39.8 Å². The molecule has 6 heteroatoms. The topological polar surface area (TPSA) is 68.9 Å². The molecule has 0 fully saturated rings. The zero-order valence-electron chi connectivity index (χ0n) is 13.4. The van der Waals surface area contributed by atoms with Crippen molar-refractivity contribution < 1.29 is 4.79 Å². The van der Waals surface area contributed by atoms with Crippen LogP contribution in [0.5, 0.6) is 0 Å². The first kappa shape index (κ1) is 15.5. The Morgan fingerprint density at radius 3 is 2.68 bits per heavy atom. The number of nitrogens with one attached hydrogen (secondary N) is 1. The van der Waals surface area contributed by atoms with E-state index < -0.39 is 5.91 Å². The summed E-state index contributed by atoms with van der Waals surface area (Å²) in [5, 5.41) is 15.5. The van der Waals surface area contributed by atoms with Gasteiger partial charge in [-0.3, -0.25) is 10.2 Å². The Balaban J connectivity index is 1.70. The summed E-state index contributed by atoms with van der Waals surface area (Å²) in [5.74, 6) is -0.359. The molecule has 2 aliphatic rings. The molecule has 0 saturated heterocycles. The van der Waals surface area contributed by atoms with E-state index in [1.54, 1.807) is 6.08 Å². The number of carbonyl (C=O) groups is 1. The first-order valence-electron chi connectivity index (χ1n) is 7.74. The number of fused-ring (bicyclic) bond motifs is 1. The lowest BCUT2D eigenvalue weighted by molar-refractivity contribution is -0.114. The van der Waals surface area contributed by atoms with E-state index in [0.717, 1.165) is 21.7 Å². The van der Waals surface area contributed by atoms with E-state index in [2.05, 4.69) is 10.1 Å². The normalized spacial score (nSPS) is 18.3. The van der Waals surface area contributed by atoms with Gasteiger partial charge in [-0.25, -0.2) is 0 Å². The highest BCUT2D eigenvalue weighted by Gasteiger charge is 2.35. The molecule has 122 valence electrons. The van der Waals surface area contributed by atoms with Crippen LogP contribution >= 0.6 is 11.8 Å². The molecule has 25 heavy (non-hydrogen) atoms. The molecule has 2 aromatic rings. The molecule has 1 amide bonds. The standard InChI is InChI=1S/C19H14N4OS/c1-12-6-5-9-14(10-12)18-22-23-16(20)15(17(24)21-19(23)25-18)11-13-7-3-2-4-8-13/h2-11,20H,1H3/b15-11-,20-16?. The van der Waals surface area contributed by atoms with E-state index in [0.29, 0.717) is 5.17 Å². The van der Waals surface area contributed by atoms with Crippen LogP contribution in [0.1, 0.15) is 16.7 Å². The quantitative estimate of drug-likeness (QED) is 0.844. The molecule has 2 aliphatic heterocycles. The molecule has 5 nitrogen and oxygen atoms in total. The van der Waals surface area contributed by atoms with Gasteiger partial charge in [0.25, 0.3) is 5.91 Å². The summed E-state index contributed by atoms with van der Waals surface area (Å²) in [4.78, 5) is 16.5. The van der Waals surface area contributed by atoms with Crippen molar-refractivity contribution in [3.8, 4) is 0 Å². The molecule has 0 unspecified atom stereocenters. The number of aryl methyl sites for hydroxylation is 1. The van der Waals surface area contributed by atoms with Crippen molar-refractivity contribution in [1.82, 2.24) is 5.01 Å². The third-order valence-corrected chi connectivity index (χ3v) is 4.79. The van der Waals surface area contributed by atoms with Gasteiger partial charge in [0, 0.05) is 5.56 Å². The Morgan fingerprint density at radius 1 is 1.12 bits per heavy atom. The van der Waals surface area contributed by atoms with E-state index in [1.807, 2.05) is 61.5 Å². The zero-order chi connectivity index (χ0) is 17.4. The Bertz CT molecular complexity index is 976. The number of thioether (sulfide) groups is 1. The van der Waals surface area contributed by atoms with Gasteiger partial charge in [-0.15, -0.1) is 0 Å². The van der Waals surface area contributed by atoms with Crippen LogP contribution in [0, 0.1) is 12.3 Å². The van der Waals surface area contributed by atoms with E-state index in [-0.39, 0.29) is 11.4 Å². The third-order valence-electron chi connectivity index (χ3n) is 3.83. The van der Waals surface area contributed by atoms with Crippen molar-refractivity contribution in [2.24, 2.45) is 10.1 Å². The average Bonchev–Trinajstić information content (AvgIpc) is 3.04. The van der Waals surface area contributed by atoms with Gasteiger partial charge < -0.3 is 0 Å². The largest absolute Gasteiger partial charge is 0.283 e. The minimum Gasteiger partial charge on any atom is -0.282 e. The fraction of sp³-hybridized carbons (Fsp3) is 0.0526. The van der Waals surface area contributed by atoms with Crippen LogP contribution in [0.4, 0.5) is 0 Å². The number of benzene rings is 2. The number of rotatable bonds is 2. The second kappa shape index (κ2) is 6.14. The summed E-state index contributed by atoms with van der Waals surface area (Å²) in [7, 11) is 0. The highest BCUT2D eigenvalue weighted by Crippen LogP contribution is 2.31. The van der Waals surface area contributed by atoms with E-state index >= 15 is 0 Å². The average molecular weight is 346 g/mol. The molecule has 0 bridgehead atoms. The van der Waals surface area contributed by atoms with Crippen LogP contribution in [0.2, 0.25) is 0 Å². The van der Waals surface area contributed by atoms with Crippen LogP contribution in [0.15, 0.2) is 70.3 Å². The van der Waals surface area contributed by atoms with Gasteiger partial charge in [-0.2, -0.15) is 15.1 Å². The van der Waals surface area contributed by atoms with Crippen LogP contribution in [-0.2, 0) is 4.79 Å². The lowest BCUT2D eigenvalue weighted by Crippen LogP contribution is -2.35. The number of carbonyl (C=O) groups excluding carboxylic acids is 1. The van der Waals surface area contributed by atoms with Crippen molar-refractivity contribution in [3.05, 3.63) is 76.9 Å². The summed E-state index contributed by atoms with van der Waals surface area (Å²) in [6, 6.07) is 17.4. The monoisotopic (exact) mass is 346 g/mol. The third kappa shape index (κ3) is 2.92. The lowest BCUT2D eigenvalue weighted by Gasteiger charge is -2.20. The zero-order valence-corrected chi connectivity index (χ0v) is 14.2. The number of amidine groups is 2. The maximum absolute atomic E-state index is 12.4. The smallest absolute Gasteiger partial charge is 0.282 e. The van der Waals surface area contributed by atoms with Crippen molar-refractivity contribution in [3.63, 3.8) is 0 Å². The fourth-order valence-electron chi connectivity index (χ4n) is 2.60. The maximum atomic E-state index is 12.4. The fourth-order valence-corrected chi connectivity index (χ4v) is 3.49. The van der Waals surface area contributed by atoms with E-state index in [1.165, 1.54) is 16.8 Å². The summed E-state index contributed by atoms with van der Waals surface area (Å²) in [6.07, 6.45) is 1.68. The molecular weight excluding hydrogens is 332 g/mol. The number of hydrogen-bond donors (Lipinski definition) is 1. The number of hydrazone groups is 1. The Labute approximate surface area is 149 Å². The molecule has 0 atom stereocenters. The van der Waals surface area contributed by atoms with Gasteiger partial charge in [0.1, 0.15) is 5.04 Å². The van der Waals surface area contributed by atoms with Gasteiger partial charge in [-0.1, -0.05) is 54.1 Å². The van der Waals surface area contributed by atoms with Gasteiger partial charge >= 0.3 is 0 Å². The Hall–Kier alpha value is -2.99. The minimum absolute atomic E-state index is 0.0500. The molecule has 4 rings (SSSR count). The second-order valence-electron chi connectivity index (χ2n) is 5.71. The first-order valence-corrected chi connectivity index (χ1v) is 8.56. The van der Waals surface area contributed by atoms with Crippen LogP contribution in [-0.4, -0.2) is 27.0 Å². The maximum Gasteiger partial charge on any atom is 0.283 e. The molecule has 2 heterocycles. The van der Waals surface area contributed by atoms with E-state index in [9.17, 15) is 4.79 Å². The first-order chi connectivity index (χ1) is 12.1. The highest BCUT2D eigenvalue weighted by atomic mass is 32.2. The number of amides is 1. The molecule has 0 spiro atoms. The number of nitrogens with zero attached hydrogens (tertiary/aromatic N) is 3. The Morgan fingerprint density at radius 2 is 1.92 bits per heavy atom. The summed E-state index contributed by atoms with van der Waals surface area (Å²) in [5.41, 5.74) is 3.17. The summed E-state index contributed by atoms with van der Waals surface area (Å²) < 4.78 is 0. The number of aliphatic imine (C=N–C) groups is 1. The van der Waals surface area contributed by atoms with Crippen LogP contribution in [0.25, 0.3) is 6.08 Å².